The standard InChI is InChI=1S/C14H19N3OS/c1-8(12-5-6-19-7-12)15-9(2)13-10(3)16-11(4)17-14(13)18/h5-9,15H,1-4H3,(H,16,17,18). The van der Waals surface area contributed by atoms with Gasteiger partial charge in [-0.1, -0.05) is 0 Å². The minimum atomic E-state index is -0.0532. The summed E-state index contributed by atoms with van der Waals surface area (Å²) in [6.07, 6.45) is 0. The molecule has 2 aromatic heterocycles. The molecule has 102 valence electrons. The second-order valence-electron chi connectivity index (χ2n) is 4.82. The maximum absolute atomic E-state index is 12.0. The first-order valence-electron chi connectivity index (χ1n) is 6.34. The molecule has 0 saturated heterocycles. The lowest BCUT2D eigenvalue weighted by molar-refractivity contribution is 0.488. The summed E-state index contributed by atoms with van der Waals surface area (Å²) < 4.78 is 0. The molecule has 0 fully saturated rings. The Kier molecular flexibility index (Phi) is 4.17. The third kappa shape index (κ3) is 3.11. The van der Waals surface area contributed by atoms with Gasteiger partial charge in [-0.25, -0.2) is 4.98 Å². The molecule has 0 amide bonds. The Hall–Kier alpha value is -1.46. The predicted molar refractivity (Wildman–Crippen MR) is 78.6 cm³/mol. The van der Waals surface area contributed by atoms with E-state index in [-0.39, 0.29) is 17.6 Å². The van der Waals surface area contributed by atoms with E-state index < -0.39 is 0 Å². The van der Waals surface area contributed by atoms with E-state index in [0.29, 0.717) is 11.4 Å². The number of thiophene rings is 1. The average Bonchev–Trinajstić information content (AvgIpc) is 2.80. The van der Waals surface area contributed by atoms with Crippen LogP contribution in [-0.4, -0.2) is 9.97 Å². The van der Waals surface area contributed by atoms with Crippen molar-refractivity contribution in [3.05, 3.63) is 49.8 Å². The highest BCUT2D eigenvalue weighted by Crippen LogP contribution is 2.20. The fourth-order valence-corrected chi connectivity index (χ4v) is 3.08. The van der Waals surface area contributed by atoms with Gasteiger partial charge in [0.2, 0.25) is 0 Å². The fraction of sp³-hybridized carbons (Fsp3) is 0.429. The summed E-state index contributed by atoms with van der Waals surface area (Å²) in [5.74, 6) is 0.657. The lowest BCUT2D eigenvalue weighted by Gasteiger charge is -2.20. The first-order chi connectivity index (χ1) is 8.99. The number of aromatic amines is 1. The van der Waals surface area contributed by atoms with Crippen molar-refractivity contribution >= 4 is 11.3 Å². The zero-order valence-corrected chi connectivity index (χ0v) is 12.5. The van der Waals surface area contributed by atoms with Gasteiger partial charge in [-0.2, -0.15) is 11.3 Å². The number of nitrogens with zero attached hydrogens (tertiary/aromatic N) is 1. The van der Waals surface area contributed by atoms with Crippen LogP contribution >= 0.6 is 11.3 Å². The Morgan fingerprint density at radius 3 is 2.63 bits per heavy atom. The normalized spacial score (nSPS) is 14.3. The molecule has 0 saturated carbocycles. The van der Waals surface area contributed by atoms with Crippen molar-refractivity contribution in [1.29, 1.82) is 0 Å². The van der Waals surface area contributed by atoms with Crippen LogP contribution in [-0.2, 0) is 0 Å². The van der Waals surface area contributed by atoms with Crippen LogP contribution in [0.15, 0.2) is 21.6 Å². The van der Waals surface area contributed by atoms with Crippen LogP contribution in [0.1, 0.15) is 48.6 Å². The monoisotopic (exact) mass is 277 g/mol. The van der Waals surface area contributed by atoms with Crippen LogP contribution in [0, 0.1) is 13.8 Å². The molecule has 2 rings (SSSR count). The Labute approximate surface area is 116 Å². The Bertz CT molecular complexity index is 604. The van der Waals surface area contributed by atoms with Crippen molar-refractivity contribution in [2.45, 2.75) is 39.8 Å². The van der Waals surface area contributed by atoms with Crippen LogP contribution in [0.4, 0.5) is 0 Å². The van der Waals surface area contributed by atoms with E-state index >= 15 is 0 Å². The van der Waals surface area contributed by atoms with Crippen LogP contribution in [0.3, 0.4) is 0 Å². The van der Waals surface area contributed by atoms with Crippen molar-refractivity contribution in [1.82, 2.24) is 15.3 Å². The number of rotatable bonds is 4. The van der Waals surface area contributed by atoms with Crippen molar-refractivity contribution in [3.8, 4) is 0 Å². The van der Waals surface area contributed by atoms with Gasteiger partial charge in [-0.3, -0.25) is 4.79 Å². The summed E-state index contributed by atoms with van der Waals surface area (Å²) in [6.45, 7) is 7.77. The molecule has 0 aliphatic heterocycles. The molecule has 0 bridgehead atoms. The highest BCUT2D eigenvalue weighted by molar-refractivity contribution is 7.07. The smallest absolute Gasteiger partial charge is 0.255 e. The van der Waals surface area contributed by atoms with E-state index in [4.69, 9.17) is 0 Å². The molecule has 4 nitrogen and oxygen atoms in total. The number of H-pyrrole nitrogens is 1. The zero-order valence-electron chi connectivity index (χ0n) is 11.7. The summed E-state index contributed by atoms with van der Waals surface area (Å²) in [7, 11) is 0. The van der Waals surface area contributed by atoms with E-state index in [1.54, 1.807) is 18.3 Å². The van der Waals surface area contributed by atoms with E-state index in [9.17, 15) is 4.79 Å². The van der Waals surface area contributed by atoms with Gasteiger partial charge < -0.3 is 10.3 Å². The summed E-state index contributed by atoms with van der Waals surface area (Å²) in [5.41, 5.74) is 2.69. The largest absolute Gasteiger partial charge is 0.310 e. The number of aromatic nitrogens is 2. The van der Waals surface area contributed by atoms with Crippen molar-refractivity contribution in [2.24, 2.45) is 0 Å². The van der Waals surface area contributed by atoms with E-state index in [1.165, 1.54) is 5.56 Å². The molecule has 0 radical (unpaired) electrons. The molecule has 19 heavy (non-hydrogen) atoms. The molecule has 2 heterocycles. The minimum absolute atomic E-state index is 0.0354. The van der Waals surface area contributed by atoms with Gasteiger partial charge in [-0.15, -0.1) is 0 Å². The average molecular weight is 277 g/mol. The molecule has 2 atom stereocenters. The second kappa shape index (κ2) is 5.67. The lowest BCUT2D eigenvalue weighted by atomic mass is 10.1. The van der Waals surface area contributed by atoms with Crippen LogP contribution in [0.5, 0.6) is 0 Å². The van der Waals surface area contributed by atoms with Gasteiger partial charge in [0, 0.05) is 17.8 Å². The second-order valence-corrected chi connectivity index (χ2v) is 5.60. The number of hydrogen-bond donors (Lipinski definition) is 2. The zero-order chi connectivity index (χ0) is 14.0. The van der Waals surface area contributed by atoms with Crippen LogP contribution in [0.2, 0.25) is 0 Å². The van der Waals surface area contributed by atoms with Gasteiger partial charge >= 0.3 is 0 Å². The number of nitrogens with one attached hydrogen (secondary N) is 2. The minimum Gasteiger partial charge on any atom is -0.310 e. The maximum atomic E-state index is 12.0. The van der Waals surface area contributed by atoms with Crippen LogP contribution in [0.25, 0.3) is 0 Å². The van der Waals surface area contributed by atoms with E-state index in [2.05, 4.69) is 39.0 Å². The molecular formula is C14H19N3OS. The van der Waals surface area contributed by atoms with Gasteiger partial charge in [0.15, 0.2) is 0 Å². The fourth-order valence-electron chi connectivity index (χ4n) is 2.32. The summed E-state index contributed by atoms with van der Waals surface area (Å²) in [4.78, 5) is 19.1. The summed E-state index contributed by atoms with van der Waals surface area (Å²) in [6, 6.07) is 2.27. The lowest BCUT2D eigenvalue weighted by Crippen LogP contribution is -2.29. The molecule has 0 spiro atoms. The van der Waals surface area contributed by atoms with Gasteiger partial charge in [-0.05, 0) is 50.1 Å². The van der Waals surface area contributed by atoms with Crippen molar-refractivity contribution < 1.29 is 0 Å². The molecule has 2 aromatic rings. The SMILES string of the molecule is Cc1nc(C)c(C(C)NC(C)c2ccsc2)c(=O)[nH]1. The topological polar surface area (TPSA) is 57.8 Å². The highest BCUT2D eigenvalue weighted by Gasteiger charge is 2.17. The summed E-state index contributed by atoms with van der Waals surface area (Å²) in [5, 5.41) is 7.63. The molecule has 5 heteroatoms. The third-order valence-electron chi connectivity index (χ3n) is 3.24. The van der Waals surface area contributed by atoms with Crippen molar-refractivity contribution in [2.75, 3.05) is 0 Å². The van der Waals surface area contributed by atoms with E-state index in [0.717, 1.165) is 5.69 Å². The molecule has 0 aliphatic rings. The van der Waals surface area contributed by atoms with Crippen LogP contribution < -0.4 is 10.9 Å². The molecular weight excluding hydrogens is 258 g/mol. The quantitative estimate of drug-likeness (QED) is 0.903. The summed E-state index contributed by atoms with van der Waals surface area (Å²) >= 11 is 1.68. The molecule has 2 unspecified atom stereocenters. The Morgan fingerprint density at radius 2 is 2.05 bits per heavy atom. The maximum Gasteiger partial charge on any atom is 0.255 e. The molecule has 2 N–H and O–H groups in total. The predicted octanol–water partition coefficient (Wildman–Crippen LogP) is 2.86. The molecule has 0 aromatic carbocycles. The Balaban J connectivity index is 2.21. The first kappa shape index (κ1) is 14.0. The van der Waals surface area contributed by atoms with Crippen molar-refractivity contribution in [3.63, 3.8) is 0 Å². The van der Waals surface area contributed by atoms with Gasteiger partial charge in [0.05, 0.1) is 5.56 Å². The van der Waals surface area contributed by atoms with E-state index in [1.807, 2.05) is 13.8 Å². The Morgan fingerprint density at radius 1 is 1.32 bits per heavy atom. The first-order valence-corrected chi connectivity index (χ1v) is 7.29. The highest BCUT2D eigenvalue weighted by atomic mass is 32.1. The molecule has 0 aliphatic carbocycles. The van der Waals surface area contributed by atoms with Gasteiger partial charge in [0.1, 0.15) is 5.82 Å². The number of aryl methyl sites for hydroxylation is 2. The third-order valence-corrected chi connectivity index (χ3v) is 3.94. The number of hydrogen-bond acceptors (Lipinski definition) is 4. The van der Waals surface area contributed by atoms with Gasteiger partial charge in [0.25, 0.3) is 5.56 Å².